The van der Waals surface area contributed by atoms with Gasteiger partial charge in [0.25, 0.3) is 0 Å². The molecule has 1 aliphatic rings. The van der Waals surface area contributed by atoms with E-state index in [9.17, 15) is 22.7 Å². The molecule has 0 bridgehead atoms. The highest BCUT2D eigenvalue weighted by atomic mass is 32.2. The van der Waals surface area contributed by atoms with E-state index in [-0.39, 0.29) is 34.1 Å². The summed E-state index contributed by atoms with van der Waals surface area (Å²) in [5.41, 5.74) is 3.02. The van der Waals surface area contributed by atoms with Gasteiger partial charge in [-0.2, -0.15) is 4.98 Å². The molecule has 12 nitrogen and oxygen atoms in total. The molecule has 0 amide bonds. The highest BCUT2D eigenvalue weighted by Gasteiger charge is 2.30. The number of carbonyl (C=O) groups is 1. The Balaban J connectivity index is 1.46. The van der Waals surface area contributed by atoms with Crippen LogP contribution in [0.3, 0.4) is 0 Å². The van der Waals surface area contributed by atoms with Gasteiger partial charge in [0, 0.05) is 40.9 Å². The number of benzene rings is 3. The Labute approximate surface area is 257 Å². The van der Waals surface area contributed by atoms with Crippen molar-refractivity contribution in [3.63, 3.8) is 0 Å². The van der Waals surface area contributed by atoms with Gasteiger partial charge in [-0.25, -0.2) is 27.3 Å². The SMILES string of the molecule is COc1ncc(-c2ccc3c(Nc4cc(Nc5ccc(F)cc5)cc(C(=O)O)c4)c(S(=O)(=O)NC4CC4)cnc3c2)c(OC)n1. The molecule has 0 radical (unpaired) electrons. The number of hydrogen-bond acceptors (Lipinski definition) is 10. The summed E-state index contributed by atoms with van der Waals surface area (Å²) in [6.07, 6.45) is 4.28. The number of aromatic carboxylic acids is 1. The van der Waals surface area contributed by atoms with Crippen LogP contribution >= 0.6 is 0 Å². The average Bonchev–Trinajstić information content (AvgIpc) is 3.84. The minimum Gasteiger partial charge on any atom is -0.480 e. The molecular weight excluding hydrogens is 603 g/mol. The normalized spacial score (nSPS) is 13.0. The topological polar surface area (TPSA) is 165 Å². The van der Waals surface area contributed by atoms with Crippen molar-refractivity contribution in [1.82, 2.24) is 19.7 Å². The Morgan fingerprint density at radius 2 is 1.64 bits per heavy atom. The van der Waals surface area contributed by atoms with Gasteiger partial charge in [-0.1, -0.05) is 12.1 Å². The van der Waals surface area contributed by atoms with Crippen LogP contribution in [0, 0.1) is 5.82 Å². The number of hydrogen-bond donors (Lipinski definition) is 4. The van der Waals surface area contributed by atoms with Gasteiger partial charge in [-0.15, -0.1) is 0 Å². The molecule has 2 heterocycles. The van der Waals surface area contributed by atoms with E-state index < -0.39 is 21.8 Å². The Bertz CT molecular complexity index is 2040. The van der Waals surface area contributed by atoms with Gasteiger partial charge in [-0.3, -0.25) is 4.98 Å². The molecule has 2 aromatic heterocycles. The van der Waals surface area contributed by atoms with Gasteiger partial charge in [-0.05, 0) is 66.9 Å². The predicted octanol–water partition coefficient (Wildman–Crippen LogP) is 5.47. The van der Waals surface area contributed by atoms with Crippen molar-refractivity contribution in [3.05, 3.63) is 84.4 Å². The van der Waals surface area contributed by atoms with Crippen LogP contribution in [0.5, 0.6) is 11.9 Å². The van der Waals surface area contributed by atoms with E-state index in [2.05, 4.69) is 30.3 Å². The third-order valence-electron chi connectivity index (χ3n) is 7.02. The lowest BCUT2D eigenvalue weighted by Gasteiger charge is -2.18. The smallest absolute Gasteiger partial charge is 0.335 e. The summed E-state index contributed by atoms with van der Waals surface area (Å²) in [7, 11) is -1.09. The molecule has 0 spiro atoms. The monoisotopic (exact) mass is 630 g/mol. The molecule has 0 aliphatic heterocycles. The number of sulfonamides is 1. The fraction of sp³-hybridized carbons (Fsp3) is 0.161. The van der Waals surface area contributed by atoms with E-state index in [4.69, 9.17) is 9.47 Å². The Morgan fingerprint density at radius 3 is 2.31 bits per heavy atom. The van der Waals surface area contributed by atoms with E-state index in [1.807, 2.05) is 0 Å². The fourth-order valence-corrected chi connectivity index (χ4v) is 6.12. The summed E-state index contributed by atoms with van der Waals surface area (Å²) < 4.78 is 53.7. The number of aromatic nitrogens is 3. The highest BCUT2D eigenvalue weighted by Crippen LogP contribution is 2.37. The molecule has 3 aromatic carbocycles. The van der Waals surface area contributed by atoms with Gasteiger partial charge in [0.2, 0.25) is 15.9 Å². The maximum Gasteiger partial charge on any atom is 0.335 e. The second kappa shape index (κ2) is 12.0. The number of nitrogens with one attached hydrogen (secondary N) is 3. The Morgan fingerprint density at radius 1 is 0.911 bits per heavy atom. The molecular formula is C31H27FN6O6S. The number of anilines is 4. The Kier molecular flexibility index (Phi) is 7.91. The molecule has 5 aromatic rings. The van der Waals surface area contributed by atoms with Crippen LogP contribution in [0.4, 0.5) is 27.1 Å². The molecule has 0 atom stereocenters. The van der Waals surface area contributed by atoms with Crippen LogP contribution in [-0.2, 0) is 10.0 Å². The number of rotatable bonds is 11. The fourth-order valence-electron chi connectivity index (χ4n) is 4.70. The lowest BCUT2D eigenvalue weighted by atomic mass is 10.0. The number of ether oxygens (including phenoxy) is 2. The lowest BCUT2D eigenvalue weighted by Crippen LogP contribution is -2.26. The van der Waals surface area contributed by atoms with Crippen LogP contribution in [0.25, 0.3) is 22.0 Å². The van der Waals surface area contributed by atoms with E-state index in [0.717, 1.165) is 12.8 Å². The quantitative estimate of drug-likeness (QED) is 0.146. The van der Waals surface area contributed by atoms with Crippen molar-refractivity contribution in [2.24, 2.45) is 0 Å². The van der Waals surface area contributed by atoms with Gasteiger partial charge in [0.1, 0.15) is 10.7 Å². The summed E-state index contributed by atoms with van der Waals surface area (Å²) in [5.74, 6) is -1.33. The molecule has 1 saturated carbocycles. The van der Waals surface area contributed by atoms with Crippen molar-refractivity contribution >= 4 is 49.6 Å². The summed E-state index contributed by atoms with van der Waals surface area (Å²) in [4.78, 5) is 24.8. The van der Waals surface area contributed by atoms with Crippen molar-refractivity contribution in [2.45, 2.75) is 23.8 Å². The van der Waals surface area contributed by atoms with Crippen LogP contribution in [-0.4, -0.2) is 54.7 Å². The standard InChI is InChI=1S/C31H27FN6O6S/c1-43-29-25(15-34-31(37-29)44-2)17-3-10-24-26(13-17)33-16-27(45(41,42)38-21-8-9-21)28(24)36-23-12-18(30(39)40)11-22(14-23)35-20-6-4-19(32)5-7-20/h3-7,10-16,21,35,38H,8-9H2,1-2H3,(H,33,36)(H,39,40). The average molecular weight is 631 g/mol. The first kappa shape index (κ1) is 29.7. The zero-order chi connectivity index (χ0) is 31.7. The second-order valence-electron chi connectivity index (χ2n) is 10.3. The van der Waals surface area contributed by atoms with E-state index in [0.29, 0.717) is 39.1 Å². The van der Waals surface area contributed by atoms with Crippen LogP contribution in [0.2, 0.25) is 0 Å². The van der Waals surface area contributed by atoms with Gasteiger partial charge < -0.3 is 25.2 Å². The molecule has 0 saturated heterocycles. The third kappa shape index (κ3) is 6.46. The van der Waals surface area contributed by atoms with Crippen molar-refractivity contribution in [2.75, 3.05) is 24.9 Å². The largest absolute Gasteiger partial charge is 0.480 e. The van der Waals surface area contributed by atoms with Crippen LogP contribution in [0.1, 0.15) is 23.2 Å². The van der Waals surface area contributed by atoms with Gasteiger partial charge in [0.15, 0.2) is 0 Å². The summed E-state index contributed by atoms with van der Waals surface area (Å²) in [6.45, 7) is 0. The van der Waals surface area contributed by atoms with E-state index in [1.165, 1.54) is 56.8 Å². The number of halogens is 1. The maximum absolute atomic E-state index is 13.5. The molecule has 1 aliphatic carbocycles. The number of carboxylic acids is 1. The minimum atomic E-state index is -4.01. The first-order valence-corrected chi connectivity index (χ1v) is 15.2. The molecule has 14 heteroatoms. The maximum atomic E-state index is 13.5. The molecule has 45 heavy (non-hydrogen) atoms. The molecule has 4 N–H and O–H groups in total. The second-order valence-corrected chi connectivity index (χ2v) is 11.9. The highest BCUT2D eigenvalue weighted by molar-refractivity contribution is 7.89. The summed E-state index contributed by atoms with van der Waals surface area (Å²) in [6, 6.07) is 15.2. The lowest BCUT2D eigenvalue weighted by molar-refractivity contribution is 0.0697. The van der Waals surface area contributed by atoms with Crippen LogP contribution < -0.4 is 24.8 Å². The molecule has 230 valence electrons. The first-order valence-electron chi connectivity index (χ1n) is 13.7. The van der Waals surface area contributed by atoms with Crippen molar-refractivity contribution in [3.8, 4) is 23.0 Å². The predicted molar refractivity (Wildman–Crippen MR) is 166 cm³/mol. The summed E-state index contributed by atoms with van der Waals surface area (Å²) >= 11 is 0. The molecule has 6 rings (SSSR count). The number of nitrogens with zero attached hydrogens (tertiary/aromatic N) is 3. The van der Waals surface area contributed by atoms with Gasteiger partial charge >= 0.3 is 12.0 Å². The number of fused-ring (bicyclic) bond motifs is 1. The van der Waals surface area contributed by atoms with E-state index >= 15 is 0 Å². The van der Waals surface area contributed by atoms with Crippen molar-refractivity contribution in [1.29, 1.82) is 0 Å². The third-order valence-corrected chi connectivity index (χ3v) is 8.56. The summed E-state index contributed by atoms with van der Waals surface area (Å²) in [5, 5.41) is 16.5. The molecule has 0 unspecified atom stereocenters. The number of pyridine rings is 1. The van der Waals surface area contributed by atoms with Crippen LogP contribution in [0.15, 0.2) is 78.0 Å². The number of carboxylic acid groups (broad SMARTS) is 1. The molecule has 1 fully saturated rings. The minimum absolute atomic E-state index is 0.0580. The zero-order valence-corrected chi connectivity index (χ0v) is 24.9. The van der Waals surface area contributed by atoms with Gasteiger partial charge in [0.05, 0.1) is 36.6 Å². The van der Waals surface area contributed by atoms with E-state index in [1.54, 1.807) is 30.5 Å². The zero-order valence-electron chi connectivity index (χ0n) is 24.0. The first-order chi connectivity index (χ1) is 21.6. The Hall–Kier alpha value is -5.34. The number of methoxy groups -OCH3 is 2. The van der Waals surface area contributed by atoms with Crippen molar-refractivity contribution < 1.29 is 32.2 Å².